The summed E-state index contributed by atoms with van der Waals surface area (Å²) in [5, 5.41) is 0. The van der Waals surface area contributed by atoms with E-state index in [1.807, 2.05) is 21.6 Å². The second-order valence-electron chi connectivity index (χ2n) is 6.45. The lowest BCUT2D eigenvalue weighted by Gasteiger charge is -2.32. The fourth-order valence-electron chi connectivity index (χ4n) is 3.81. The number of anilines is 1. The number of aromatic nitrogens is 2. The fraction of sp³-hybridized carbons (Fsp3) is 0.211. The third-order valence-electron chi connectivity index (χ3n) is 4.96. The number of halogens is 2. The lowest BCUT2D eigenvalue weighted by molar-refractivity contribution is 0.318. The fourth-order valence-corrected chi connectivity index (χ4v) is 3.81. The van der Waals surface area contributed by atoms with Crippen molar-refractivity contribution in [2.75, 3.05) is 11.4 Å². The van der Waals surface area contributed by atoms with E-state index in [2.05, 4.69) is 28.3 Å². The van der Waals surface area contributed by atoms with E-state index in [0.717, 1.165) is 30.6 Å². The van der Waals surface area contributed by atoms with Gasteiger partial charge in [-0.25, -0.2) is 13.8 Å². The van der Waals surface area contributed by atoms with Gasteiger partial charge < -0.3 is 14.2 Å². The topological polar surface area (TPSA) is 23.8 Å². The van der Waals surface area contributed by atoms with Gasteiger partial charge in [0.15, 0.2) is 11.6 Å². The van der Waals surface area contributed by atoms with Crippen molar-refractivity contribution in [3.05, 3.63) is 78.0 Å². The van der Waals surface area contributed by atoms with Gasteiger partial charge >= 0.3 is 0 Å². The van der Waals surface area contributed by atoms with Crippen LogP contribution in [-0.2, 0) is 0 Å². The zero-order valence-corrected chi connectivity index (χ0v) is 13.4. The summed E-state index contributed by atoms with van der Waals surface area (Å²) in [6.45, 7) is 0.957. The van der Waals surface area contributed by atoms with Crippen LogP contribution in [0.1, 0.15) is 24.6 Å². The van der Waals surface area contributed by atoms with E-state index in [4.69, 9.17) is 0 Å². The molecule has 0 amide bonds. The van der Waals surface area contributed by atoms with Crippen molar-refractivity contribution in [3.63, 3.8) is 0 Å². The minimum Gasteiger partial charge on any atom is -0.349 e. The summed E-state index contributed by atoms with van der Waals surface area (Å²) in [4.78, 5) is 8.64. The van der Waals surface area contributed by atoms with Crippen LogP contribution >= 0.6 is 0 Å². The Labute approximate surface area is 143 Å². The second kappa shape index (κ2) is 5.31. The maximum atomic E-state index is 13.8. The standard InChI is InChI=1S/C19H16F2N4/c20-16-5-4-14(10-17(16)21)25-12-15-2-1-8-24(15)19(25)13-3-6-18-22-7-9-23(18)11-13/h3-7,9-12,19H,1-2,8H2. The third kappa shape index (κ3) is 2.21. The first-order valence-electron chi connectivity index (χ1n) is 8.34. The summed E-state index contributed by atoms with van der Waals surface area (Å²) in [6.07, 6.45) is 9.84. The number of allylic oxidation sites excluding steroid dienone is 1. The zero-order valence-electron chi connectivity index (χ0n) is 13.4. The molecule has 0 N–H and O–H groups in total. The summed E-state index contributed by atoms with van der Waals surface area (Å²) in [6, 6.07) is 8.10. The molecule has 0 saturated carbocycles. The third-order valence-corrected chi connectivity index (χ3v) is 4.96. The van der Waals surface area contributed by atoms with Gasteiger partial charge in [0.1, 0.15) is 11.8 Å². The number of hydrogen-bond acceptors (Lipinski definition) is 3. The first-order valence-corrected chi connectivity index (χ1v) is 8.34. The van der Waals surface area contributed by atoms with E-state index in [-0.39, 0.29) is 6.17 Å². The predicted molar refractivity (Wildman–Crippen MR) is 90.8 cm³/mol. The van der Waals surface area contributed by atoms with Crippen LogP contribution in [0.5, 0.6) is 0 Å². The first kappa shape index (κ1) is 14.5. The molecule has 0 spiro atoms. The number of hydrogen-bond donors (Lipinski definition) is 0. The van der Waals surface area contributed by atoms with Gasteiger partial charge in [-0.1, -0.05) is 0 Å². The number of nitrogens with zero attached hydrogens (tertiary/aromatic N) is 4. The summed E-state index contributed by atoms with van der Waals surface area (Å²) < 4.78 is 29.1. The normalized spacial score (nSPS) is 19.6. The van der Waals surface area contributed by atoms with Crippen LogP contribution in [0.2, 0.25) is 0 Å². The molecule has 2 aliphatic rings. The Kier molecular flexibility index (Phi) is 3.07. The molecule has 1 aromatic carbocycles. The van der Waals surface area contributed by atoms with E-state index in [1.54, 1.807) is 12.3 Å². The highest BCUT2D eigenvalue weighted by molar-refractivity contribution is 5.55. The SMILES string of the molecule is Fc1ccc(N2C=C3CCCN3C2c2ccc3nccn3c2)cc1F. The summed E-state index contributed by atoms with van der Waals surface area (Å²) in [5.41, 5.74) is 3.86. The van der Waals surface area contributed by atoms with Crippen molar-refractivity contribution in [2.24, 2.45) is 0 Å². The lowest BCUT2D eigenvalue weighted by atomic mass is 10.1. The number of imidazole rings is 1. The van der Waals surface area contributed by atoms with E-state index < -0.39 is 11.6 Å². The maximum absolute atomic E-state index is 13.8. The van der Waals surface area contributed by atoms with Gasteiger partial charge in [0, 0.05) is 54.3 Å². The molecule has 4 nitrogen and oxygen atoms in total. The number of pyridine rings is 1. The Hall–Kier alpha value is -2.89. The van der Waals surface area contributed by atoms with Crippen molar-refractivity contribution < 1.29 is 8.78 Å². The second-order valence-corrected chi connectivity index (χ2v) is 6.45. The quantitative estimate of drug-likeness (QED) is 0.704. The molecular formula is C19H16F2N4. The molecule has 1 saturated heterocycles. The molecule has 2 aromatic heterocycles. The molecule has 1 unspecified atom stereocenters. The molecule has 2 aliphatic heterocycles. The molecule has 0 aliphatic carbocycles. The maximum Gasteiger partial charge on any atom is 0.160 e. The van der Waals surface area contributed by atoms with Gasteiger partial charge in [0.2, 0.25) is 0 Å². The smallest absolute Gasteiger partial charge is 0.160 e. The Bertz CT molecular complexity index is 994. The Morgan fingerprint density at radius 1 is 1.08 bits per heavy atom. The van der Waals surface area contributed by atoms with E-state index >= 15 is 0 Å². The van der Waals surface area contributed by atoms with Crippen molar-refractivity contribution in [1.82, 2.24) is 14.3 Å². The van der Waals surface area contributed by atoms with E-state index in [0.29, 0.717) is 5.69 Å². The van der Waals surface area contributed by atoms with Crippen molar-refractivity contribution >= 4 is 11.3 Å². The molecule has 1 fully saturated rings. The molecule has 3 aromatic rings. The number of fused-ring (bicyclic) bond motifs is 2. The van der Waals surface area contributed by atoms with Crippen molar-refractivity contribution in [1.29, 1.82) is 0 Å². The zero-order chi connectivity index (χ0) is 17.0. The average Bonchev–Trinajstić information content (AvgIpc) is 3.31. The largest absolute Gasteiger partial charge is 0.349 e. The van der Waals surface area contributed by atoms with Gasteiger partial charge in [-0.15, -0.1) is 0 Å². The molecule has 5 rings (SSSR count). The van der Waals surface area contributed by atoms with Crippen molar-refractivity contribution in [2.45, 2.75) is 19.0 Å². The minimum atomic E-state index is -0.827. The minimum absolute atomic E-state index is 0.0610. The van der Waals surface area contributed by atoms with Gasteiger partial charge in [0.05, 0.1) is 0 Å². The summed E-state index contributed by atoms with van der Waals surface area (Å²) in [7, 11) is 0. The first-order chi connectivity index (χ1) is 12.2. The van der Waals surface area contributed by atoms with E-state index in [1.165, 1.54) is 17.8 Å². The van der Waals surface area contributed by atoms with Crippen LogP contribution in [0.4, 0.5) is 14.5 Å². The highest BCUT2D eigenvalue weighted by atomic mass is 19.2. The molecule has 0 bridgehead atoms. The predicted octanol–water partition coefficient (Wildman–Crippen LogP) is 4.07. The molecular weight excluding hydrogens is 322 g/mol. The van der Waals surface area contributed by atoms with Gasteiger partial charge in [-0.05, 0) is 37.1 Å². The molecule has 1 atom stereocenters. The van der Waals surface area contributed by atoms with Gasteiger partial charge in [-0.2, -0.15) is 0 Å². The van der Waals surface area contributed by atoms with Gasteiger partial charge in [0.25, 0.3) is 0 Å². The number of rotatable bonds is 2. The van der Waals surface area contributed by atoms with E-state index in [9.17, 15) is 8.78 Å². The van der Waals surface area contributed by atoms with Crippen LogP contribution in [0, 0.1) is 11.6 Å². The highest BCUT2D eigenvalue weighted by Gasteiger charge is 2.37. The van der Waals surface area contributed by atoms with Crippen LogP contribution in [0.15, 0.2) is 60.8 Å². The summed E-state index contributed by atoms with van der Waals surface area (Å²) >= 11 is 0. The molecule has 4 heterocycles. The Morgan fingerprint density at radius 2 is 2.00 bits per heavy atom. The summed E-state index contributed by atoms with van der Waals surface area (Å²) in [5.74, 6) is -1.65. The molecule has 25 heavy (non-hydrogen) atoms. The van der Waals surface area contributed by atoms with Crippen molar-refractivity contribution in [3.8, 4) is 0 Å². The average molecular weight is 338 g/mol. The van der Waals surface area contributed by atoms with Gasteiger partial charge in [-0.3, -0.25) is 0 Å². The Morgan fingerprint density at radius 3 is 2.88 bits per heavy atom. The van der Waals surface area contributed by atoms with Crippen LogP contribution in [0.25, 0.3) is 5.65 Å². The van der Waals surface area contributed by atoms with Crippen LogP contribution in [-0.4, -0.2) is 20.8 Å². The Balaban J connectivity index is 1.62. The van der Waals surface area contributed by atoms with Crippen LogP contribution < -0.4 is 4.90 Å². The monoisotopic (exact) mass is 338 g/mol. The highest BCUT2D eigenvalue weighted by Crippen LogP contribution is 2.43. The molecule has 126 valence electrons. The molecule has 6 heteroatoms. The van der Waals surface area contributed by atoms with Crippen LogP contribution in [0.3, 0.4) is 0 Å². The number of benzene rings is 1. The molecule has 0 radical (unpaired) electrons. The lowest BCUT2D eigenvalue weighted by Crippen LogP contribution is -2.31.